The van der Waals surface area contributed by atoms with Gasteiger partial charge in [-0.3, -0.25) is 4.79 Å². The lowest BCUT2D eigenvalue weighted by molar-refractivity contribution is 0.0783. The number of aryl methyl sites for hydroxylation is 1. The first-order valence-electron chi connectivity index (χ1n) is 7.77. The minimum Gasteiger partial charge on any atom is -0.340 e. The van der Waals surface area contributed by atoms with Crippen LogP contribution in [0, 0.1) is 6.92 Å². The maximum absolute atomic E-state index is 12.6. The smallest absolute Gasteiger partial charge is 0.259 e. The maximum Gasteiger partial charge on any atom is 0.259 e. The predicted molar refractivity (Wildman–Crippen MR) is 90.7 cm³/mol. The zero-order chi connectivity index (χ0) is 17.0. The molecule has 0 aromatic carbocycles. The molecule has 23 heavy (non-hydrogen) atoms. The van der Waals surface area contributed by atoms with Gasteiger partial charge >= 0.3 is 0 Å². The molecule has 2 aromatic rings. The molecule has 0 aliphatic carbocycles. The van der Waals surface area contributed by atoms with E-state index < -0.39 is 0 Å². The van der Waals surface area contributed by atoms with Crippen molar-refractivity contribution in [1.82, 2.24) is 29.3 Å². The summed E-state index contributed by atoms with van der Waals surface area (Å²) in [5.41, 5.74) is 2.16. The molecule has 0 bridgehead atoms. The van der Waals surface area contributed by atoms with Crippen molar-refractivity contribution >= 4 is 11.6 Å². The first-order valence-corrected chi connectivity index (χ1v) is 7.77. The number of nitrogens with zero attached hydrogens (tertiary/aromatic N) is 6. The normalized spacial score (nSPS) is 11.6. The van der Waals surface area contributed by atoms with E-state index in [1.807, 2.05) is 20.2 Å². The molecule has 0 aliphatic heterocycles. The van der Waals surface area contributed by atoms with Crippen molar-refractivity contribution in [2.45, 2.75) is 6.92 Å². The molecule has 0 saturated carbocycles. The van der Waals surface area contributed by atoms with Crippen LogP contribution < -0.4 is 0 Å². The van der Waals surface area contributed by atoms with Crippen LogP contribution in [0.5, 0.6) is 0 Å². The predicted octanol–water partition coefficient (Wildman–Crippen LogP) is 0.603. The van der Waals surface area contributed by atoms with Gasteiger partial charge in [0.25, 0.3) is 5.91 Å². The van der Waals surface area contributed by atoms with Crippen LogP contribution in [0.1, 0.15) is 15.9 Å². The molecule has 0 atom stereocenters. The van der Waals surface area contributed by atoms with Gasteiger partial charge in [0.05, 0.1) is 6.20 Å². The fraction of sp³-hybridized carbons (Fsp3) is 0.562. The van der Waals surface area contributed by atoms with Crippen LogP contribution in [0.3, 0.4) is 0 Å². The highest BCUT2D eigenvalue weighted by atomic mass is 16.2. The van der Waals surface area contributed by atoms with Crippen LogP contribution in [0.2, 0.25) is 0 Å². The summed E-state index contributed by atoms with van der Waals surface area (Å²) in [5.74, 6) is -0.0441. The number of hydrogen-bond donors (Lipinski definition) is 0. The van der Waals surface area contributed by atoms with Crippen molar-refractivity contribution in [3.05, 3.63) is 29.7 Å². The lowest BCUT2D eigenvalue weighted by Gasteiger charge is -2.23. The van der Waals surface area contributed by atoms with Crippen molar-refractivity contribution in [2.24, 2.45) is 0 Å². The first-order chi connectivity index (χ1) is 10.9. The Kier molecular flexibility index (Phi) is 5.68. The van der Waals surface area contributed by atoms with Gasteiger partial charge in [0.2, 0.25) is 0 Å². The Balaban J connectivity index is 1.96. The van der Waals surface area contributed by atoms with E-state index in [1.165, 1.54) is 0 Å². The molecule has 2 aromatic heterocycles. The van der Waals surface area contributed by atoms with Gasteiger partial charge in [0.1, 0.15) is 5.56 Å². The fourth-order valence-electron chi connectivity index (χ4n) is 2.23. The highest BCUT2D eigenvalue weighted by Gasteiger charge is 2.18. The summed E-state index contributed by atoms with van der Waals surface area (Å²) in [6.07, 6.45) is 5.22. The third-order valence-electron chi connectivity index (χ3n) is 3.81. The first kappa shape index (κ1) is 17.4. The third kappa shape index (κ3) is 4.49. The maximum atomic E-state index is 12.6. The highest BCUT2D eigenvalue weighted by Crippen LogP contribution is 2.11. The Morgan fingerprint density at radius 1 is 1.09 bits per heavy atom. The van der Waals surface area contributed by atoms with Gasteiger partial charge in [-0.2, -0.15) is 5.10 Å². The monoisotopic (exact) mass is 318 g/mol. The Hall–Kier alpha value is -1.99. The van der Waals surface area contributed by atoms with E-state index in [9.17, 15) is 4.79 Å². The second-order valence-corrected chi connectivity index (χ2v) is 6.29. The molecular weight excluding hydrogens is 292 g/mol. The molecule has 7 heteroatoms. The minimum atomic E-state index is -0.0441. The molecule has 0 radical (unpaired) electrons. The molecule has 0 unspecified atom stereocenters. The van der Waals surface area contributed by atoms with Crippen molar-refractivity contribution in [1.29, 1.82) is 0 Å². The Morgan fingerprint density at radius 2 is 1.78 bits per heavy atom. The number of carbonyl (C=O) groups excluding carboxylic acids is 1. The average molecular weight is 318 g/mol. The lowest BCUT2D eigenvalue weighted by Crippen LogP contribution is -2.37. The van der Waals surface area contributed by atoms with Crippen molar-refractivity contribution in [2.75, 3.05) is 54.4 Å². The number of fused-ring (bicyclic) bond motifs is 1. The summed E-state index contributed by atoms with van der Waals surface area (Å²) in [6, 6.07) is 0. The summed E-state index contributed by atoms with van der Waals surface area (Å²) in [5, 5.41) is 4.22. The molecule has 1 amide bonds. The van der Waals surface area contributed by atoms with Crippen LogP contribution in [0.4, 0.5) is 0 Å². The van der Waals surface area contributed by atoms with Gasteiger partial charge in [0, 0.05) is 45.6 Å². The molecule has 0 saturated heterocycles. The topological polar surface area (TPSA) is 57.0 Å². The second kappa shape index (κ2) is 7.52. The minimum absolute atomic E-state index is 0.0441. The van der Waals surface area contributed by atoms with Gasteiger partial charge in [0.15, 0.2) is 5.65 Å². The van der Waals surface area contributed by atoms with Crippen LogP contribution in [-0.2, 0) is 0 Å². The number of amides is 1. The van der Waals surface area contributed by atoms with Gasteiger partial charge < -0.3 is 14.7 Å². The fourth-order valence-corrected chi connectivity index (χ4v) is 2.23. The molecule has 2 heterocycles. The molecule has 0 fully saturated rings. The summed E-state index contributed by atoms with van der Waals surface area (Å²) in [6.45, 7) is 5.44. The number of rotatable bonds is 7. The molecule has 0 aliphatic rings. The van der Waals surface area contributed by atoms with Crippen LogP contribution in [-0.4, -0.2) is 89.6 Å². The highest BCUT2D eigenvalue weighted by molar-refractivity contribution is 5.99. The lowest BCUT2D eigenvalue weighted by atomic mass is 10.3. The molecule has 2 rings (SSSR count). The molecular formula is C16H26N6O. The molecule has 126 valence electrons. The molecule has 0 N–H and O–H groups in total. The van der Waals surface area contributed by atoms with Crippen molar-refractivity contribution < 1.29 is 4.79 Å². The van der Waals surface area contributed by atoms with E-state index in [1.54, 1.807) is 21.8 Å². The van der Waals surface area contributed by atoms with Crippen molar-refractivity contribution in [3.8, 4) is 0 Å². The number of carbonyl (C=O) groups is 1. The Morgan fingerprint density at radius 3 is 2.48 bits per heavy atom. The molecule has 7 nitrogen and oxygen atoms in total. The largest absolute Gasteiger partial charge is 0.340 e. The van der Waals surface area contributed by atoms with Gasteiger partial charge in [-0.25, -0.2) is 9.50 Å². The van der Waals surface area contributed by atoms with E-state index in [0.29, 0.717) is 17.8 Å². The van der Waals surface area contributed by atoms with Gasteiger partial charge in [-0.15, -0.1) is 0 Å². The summed E-state index contributed by atoms with van der Waals surface area (Å²) in [7, 11) is 8.01. The Bertz CT molecular complexity index is 666. The van der Waals surface area contributed by atoms with Crippen LogP contribution in [0.15, 0.2) is 18.6 Å². The van der Waals surface area contributed by atoms with E-state index in [4.69, 9.17) is 0 Å². The number of likely N-dealkylation sites (N-methyl/N-ethyl adjacent to an activating group) is 3. The summed E-state index contributed by atoms with van der Waals surface area (Å²) in [4.78, 5) is 23.0. The van der Waals surface area contributed by atoms with Crippen LogP contribution >= 0.6 is 0 Å². The summed E-state index contributed by atoms with van der Waals surface area (Å²) < 4.78 is 1.65. The zero-order valence-corrected chi connectivity index (χ0v) is 14.7. The van der Waals surface area contributed by atoms with Gasteiger partial charge in [-0.1, -0.05) is 0 Å². The second-order valence-electron chi connectivity index (χ2n) is 6.29. The van der Waals surface area contributed by atoms with E-state index in [0.717, 1.165) is 25.2 Å². The molecule has 0 spiro atoms. The van der Waals surface area contributed by atoms with E-state index >= 15 is 0 Å². The Labute approximate surface area is 137 Å². The SMILES string of the molecule is Cc1cnc2c(C(=O)N(C)CCN(C)CCN(C)C)cnn2c1. The standard InChI is InChI=1S/C16H26N6O/c1-13-10-17-15-14(11-18-22(15)12-13)16(23)21(5)9-8-20(4)7-6-19(2)3/h10-12H,6-9H2,1-5H3. The quantitative estimate of drug-likeness (QED) is 0.748. The summed E-state index contributed by atoms with van der Waals surface area (Å²) >= 11 is 0. The van der Waals surface area contributed by atoms with Crippen molar-refractivity contribution in [3.63, 3.8) is 0 Å². The zero-order valence-electron chi connectivity index (χ0n) is 14.7. The van der Waals surface area contributed by atoms with E-state index in [2.05, 4.69) is 41.0 Å². The number of hydrogen-bond acceptors (Lipinski definition) is 5. The van der Waals surface area contributed by atoms with Gasteiger partial charge in [-0.05, 0) is 33.6 Å². The average Bonchev–Trinajstić information content (AvgIpc) is 2.92. The van der Waals surface area contributed by atoms with Crippen LogP contribution in [0.25, 0.3) is 5.65 Å². The number of aromatic nitrogens is 3. The van der Waals surface area contributed by atoms with E-state index in [-0.39, 0.29) is 5.91 Å². The third-order valence-corrected chi connectivity index (χ3v) is 3.81.